The second-order valence-corrected chi connectivity index (χ2v) is 6.06. The van der Waals surface area contributed by atoms with Crippen molar-refractivity contribution in [3.05, 3.63) is 15.9 Å². The van der Waals surface area contributed by atoms with E-state index in [9.17, 15) is 0 Å². The summed E-state index contributed by atoms with van der Waals surface area (Å²) in [5, 5.41) is 4.39. The highest BCUT2D eigenvalue weighted by molar-refractivity contribution is 9.10. The smallest absolute Gasteiger partial charge is 0.0738 e. The van der Waals surface area contributed by atoms with Crippen LogP contribution in [-0.4, -0.2) is 27.3 Å². The zero-order valence-corrected chi connectivity index (χ0v) is 13.1. The maximum Gasteiger partial charge on any atom is 0.0738 e. The number of nitrogens with zero attached hydrogens (tertiary/aromatic N) is 2. The lowest BCUT2D eigenvalue weighted by molar-refractivity contribution is 0.550. The van der Waals surface area contributed by atoms with E-state index in [-0.39, 0.29) is 6.04 Å². The molecule has 1 heterocycles. The minimum Gasteiger partial charge on any atom is -0.271 e. The number of aromatic nitrogens is 2. The van der Waals surface area contributed by atoms with E-state index in [0.29, 0.717) is 0 Å². The van der Waals surface area contributed by atoms with Crippen LogP contribution in [0.4, 0.5) is 0 Å². The Balaban J connectivity index is 2.60. The van der Waals surface area contributed by atoms with Gasteiger partial charge in [-0.1, -0.05) is 6.92 Å². The van der Waals surface area contributed by atoms with Crippen molar-refractivity contribution in [2.24, 2.45) is 12.9 Å². The van der Waals surface area contributed by atoms with E-state index in [1.165, 1.54) is 17.9 Å². The number of hydrogen-bond acceptors (Lipinski definition) is 4. The van der Waals surface area contributed by atoms with Gasteiger partial charge in [-0.3, -0.25) is 16.0 Å². The lowest BCUT2D eigenvalue weighted by Gasteiger charge is -2.15. The highest BCUT2D eigenvalue weighted by Gasteiger charge is 2.15. The molecule has 1 aromatic heterocycles. The first-order valence-corrected chi connectivity index (χ1v) is 7.76. The predicted molar refractivity (Wildman–Crippen MR) is 78.1 cm³/mol. The summed E-state index contributed by atoms with van der Waals surface area (Å²) in [6.07, 6.45) is 2.10. The van der Waals surface area contributed by atoms with Gasteiger partial charge in [0.05, 0.1) is 15.9 Å². The Morgan fingerprint density at radius 1 is 1.59 bits per heavy atom. The number of hydrazine groups is 1. The van der Waals surface area contributed by atoms with Gasteiger partial charge in [0.25, 0.3) is 0 Å². The molecule has 3 N–H and O–H groups in total. The second kappa shape index (κ2) is 7.41. The molecule has 0 fully saturated rings. The molecule has 1 unspecified atom stereocenters. The van der Waals surface area contributed by atoms with Crippen LogP contribution in [0.15, 0.2) is 4.47 Å². The molecule has 0 radical (unpaired) electrons. The number of halogens is 1. The number of rotatable bonds is 7. The third-order valence-corrected chi connectivity index (χ3v) is 4.97. The van der Waals surface area contributed by atoms with Crippen LogP contribution in [0.2, 0.25) is 0 Å². The summed E-state index contributed by atoms with van der Waals surface area (Å²) in [7, 11) is 1.97. The Bertz CT molecular complexity index is 353. The quantitative estimate of drug-likeness (QED) is 0.458. The van der Waals surface area contributed by atoms with Crippen molar-refractivity contribution in [3.63, 3.8) is 0 Å². The van der Waals surface area contributed by atoms with Crippen LogP contribution < -0.4 is 11.3 Å². The third-order valence-electron chi connectivity index (χ3n) is 2.60. The van der Waals surface area contributed by atoms with E-state index >= 15 is 0 Å². The molecule has 0 amide bonds. The lowest BCUT2D eigenvalue weighted by Crippen LogP contribution is -2.39. The normalized spacial score (nSPS) is 13.0. The highest BCUT2D eigenvalue weighted by Crippen LogP contribution is 2.22. The Kier molecular flexibility index (Phi) is 6.54. The van der Waals surface area contributed by atoms with Crippen molar-refractivity contribution < 1.29 is 0 Å². The fourth-order valence-corrected chi connectivity index (χ4v) is 3.12. The van der Waals surface area contributed by atoms with E-state index in [0.717, 1.165) is 22.3 Å². The average Bonchev–Trinajstić information content (AvgIpc) is 2.54. The van der Waals surface area contributed by atoms with E-state index in [4.69, 9.17) is 5.84 Å². The molecule has 98 valence electrons. The third kappa shape index (κ3) is 4.28. The summed E-state index contributed by atoms with van der Waals surface area (Å²) in [5.74, 6) is 7.81. The molecule has 0 aromatic carbocycles. The van der Waals surface area contributed by atoms with Gasteiger partial charge in [-0.15, -0.1) is 0 Å². The Labute approximate surface area is 116 Å². The molecule has 1 aromatic rings. The number of nitrogens with two attached hydrogens (primary N) is 1. The Morgan fingerprint density at radius 2 is 2.29 bits per heavy atom. The van der Waals surface area contributed by atoms with Crippen molar-refractivity contribution in [2.45, 2.75) is 32.7 Å². The molecular weight excluding hydrogens is 300 g/mol. The monoisotopic (exact) mass is 320 g/mol. The molecule has 0 bridgehead atoms. The minimum atomic E-state index is 0.289. The molecule has 17 heavy (non-hydrogen) atoms. The van der Waals surface area contributed by atoms with Crippen LogP contribution in [-0.2, 0) is 13.5 Å². The summed E-state index contributed by atoms with van der Waals surface area (Å²) in [4.78, 5) is 0. The van der Waals surface area contributed by atoms with Gasteiger partial charge in [0.2, 0.25) is 0 Å². The summed E-state index contributed by atoms with van der Waals surface area (Å²) in [6.45, 7) is 4.20. The van der Waals surface area contributed by atoms with Crippen molar-refractivity contribution in [1.82, 2.24) is 15.2 Å². The minimum absolute atomic E-state index is 0.289. The van der Waals surface area contributed by atoms with Crippen LogP contribution in [0.5, 0.6) is 0 Å². The molecule has 1 rings (SSSR count). The molecule has 0 saturated carbocycles. The molecule has 6 heteroatoms. The van der Waals surface area contributed by atoms with Crippen molar-refractivity contribution in [2.75, 3.05) is 11.5 Å². The number of aryl methyl sites for hydroxylation is 2. The van der Waals surface area contributed by atoms with Gasteiger partial charge < -0.3 is 0 Å². The molecule has 0 saturated heterocycles. The van der Waals surface area contributed by atoms with Gasteiger partial charge in [-0.2, -0.15) is 16.9 Å². The topological polar surface area (TPSA) is 55.9 Å². The molecule has 0 aliphatic heterocycles. The summed E-state index contributed by atoms with van der Waals surface area (Å²) >= 11 is 5.52. The molecule has 0 spiro atoms. The zero-order valence-electron chi connectivity index (χ0n) is 10.7. The molecule has 0 aliphatic carbocycles. The maximum absolute atomic E-state index is 5.60. The second-order valence-electron chi connectivity index (χ2n) is 4.11. The SMILES string of the molecule is CCCSCC(Cc1c(Br)c(C)nn1C)NN. The lowest BCUT2D eigenvalue weighted by atomic mass is 10.2. The van der Waals surface area contributed by atoms with Gasteiger partial charge in [-0.05, 0) is 35.0 Å². The van der Waals surface area contributed by atoms with E-state index < -0.39 is 0 Å². The van der Waals surface area contributed by atoms with Crippen molar-refractivity contribution >= 4 is 27.7 Å². The molecular formula is C11H21BrN4S. The number of thioether (sulfide) groups is 1. The summed E-state index contributed by atoms with van der Waals surface area (Å²) in [6, 6.07) is 0.289. The average molecular weight is 321 g/mol. The summed E-state index contributed by atoms with van der Waals surface area (Å²) in [5.41, 5.74) is 5.11. The standard InChI is InChI=1S/C11H21BrN4S/c1-4-5-17-7-9(14-13)6-10-11(12)8(2)15-16(10)3/h9,14H,4-7,13H2,1-3H3. The van der Waals surface area contributed by atoms with Crippen molar-refractivity contribution in [1.29, 1.82) is 0 Å². The van der Waals surface area contributed by atoms with E-state index in [1.54, 1.807) is 0 Å². The Hall–Kier alpha value is -0.0400. The van der Waals surface area contributed by atoms with E-state index in [1.807, 2.05) is 30.4 Å². The Morgan fingerprint density at radius 3 is 2.76 bits per heavy atom. The number of nitrogens with one attached hydrogen (secondary N) is 1. The van der Waals surface area contributed by atoms with Gasteiger partial charge in [-0.25, -0.2) is 0 Å². The molecule has 0 aliphatic rings. The highest BCUT2D eigenvalue weighted by atomic mass is 79.9. The molecule has 1 atom stereocenters. The first-order valence-electron chi connectivity index (χ1n) is 5.82. The maximum atomic E-state index is 5.60. The van der Waals surface area contributed by atoms with Gasteiger partial charge in [0, 0.05) is 25.3 Å². The fraction of sp³-hybridized carbons (Fsp3) is 0.727. The first kappa shape index (κ1) is 15.0. The van der Waals surface area contributed by atoms with Crippen LogP contribution in [0.1, 0.15) is 24.7 Å². The van der Waals surface area contributed by atoms with Crippen LogP contribution >= 0.6 is 27.7 Å². The van der Waals surface area contributed by atoms with Gasteiger partial charge in [0.1, 0.15) is 0 Å². The van der Waals surface area contributed by atoms with E-state index in [2.05, 4.69) is 33.4 Å². The zero-order chi connectivity index (χ0) is 12.8. The summed E-state index contributed by atoms with van der Waals surface area (Å²) < 4.78 is 3.02. The fourth-order valence-electron chi connectivity index (χ4n) is 1.67. The molecule has 4 nitrogen and oxygen atoms in total. The number of hydrogen-bond donors (Lipinski definition) is 2. The van der Waals surface area contributed by atoms with Crippen LogP contribution in [0, 0.1) is 6.92 Å². The van der Waals surface area contributed by atoms with Gasteiger partial charge in [0.15, 0.2) is 0 Å². The van der Waals surface area contributed by atoms with Gasteiger partial charge >= 0.3 is 0 Å². The van der Waals surface area contributed by atoms with Crippen molar-refractivity contribution in [3.8, 4) is 0 Å². The first-order chi connectivity index (χ1) is 8.10. The predicted octanol–water partition coefficient (Wildman–Crippen LogP) is 2.01. The van der Waals surface area contributed by atoms with Crippen LogP contribution in [0.3, 0.4) is 0 Å². The largest absolute Gasteiger partial charge is 0.271 e. The van der Waals surface area contributed by atoms with Crippen LogP contribution in [0.25, 0.3) is 0 Å².